The predicted molar refractivity (Wildman–Crippen MR) is 42.1 cm³/mol. The van der Waals surface area contributed by atoms with Gasteiger partial charge in [0.15, 0.2) is 5.11 Å². The zero-order chi connectivity index (χ0) is 6.69. The van der Waals surface area contributed by atoms with Crippen molar-refractivity contribution in [1.29, 1.82) is 0 Å². The molecule has 0 unspecified atom stereocenters. The van der Waals surface area contributed by atoms with Crippen LogP contribution in [0.4, 0.5) is 0 Å². The van der Waals surface area contributed by atoms with Gasteiger partial charge >= 0.3 is 0 Å². The van der Waals surface area contributed by atoms with Crippen molar-refractivity contribution in [3.8, 4) is 0 Å². The minimum absolute atomic E-state index is 0.513. The van der Waals surface area contributed by atoms with Crippen LogP contribution in [0.15, 0.2) is 12.2 Å². The molecule has 1 heterocycles. The largest absolute Gasteiger partial charge is 0.376 e. The fraction of sp³-hybridized carbons (Fsp3) is 0.500. The molecular formula is C6H10N2S. The van der Waals surface area contributed by atoms with Crippen LogP contribution in [0.3, 0.4) is 0 Å². The van der Waals surface area contributed by atoms with Crippen LogP contribution >= 0.6 is 12.2 Å². The zero-order valence-electron chi connectivity index (χ0n) is 5.21. The fourth-order valence-corrected chi connectivity index (χ4v) is 1.01. The normalized spacial score (nSPS) is 18.0. The Morgan fingerprint density at radius 1 is 1.56 bits per heavy atom. The molecule has 50 valence electrons. The van der Waals surface area contributed by atoms with E-state index in [9.17, 15) is 0 Å². The summed E-state index contributed by atoms with van der Waals surface area (Å²) in [5.41, 5.74) is 5.39. The van der Waals surface area contributed by atoms with E-state index < -0.39 is 0 Å². The van der Waals surface area contributed by atoms with E-state index in [2.05, 4.69) is 12.2 Å². The van der Waals surface area contributed by atoms with E-state index in [4.69, 9.17) is 18.0 Å². The van der Waals surface area contributed by atoms with Crippen LogP contribution in [0.25, 0.3) is 0 Å². The molecule has 9 heavy (non-hydrogen) atoms. The molecular weight excluding hydrogens is 132 g/mol. The second-order valence-corrected chi connectivity index (χ2v) is 2.46. The fourth-order valence-electron chi connectivity index (χ4n) is 0.841. The molecule has 0 bridgehead atoms. The van der Waals surface area contributed by atoms with Gasteiger partial charge < -0.3 is 10.6 Å². The first kappa shape index (κ1) is 6.55. The summed E-state index contributed by atoms with van der Waals surface area (Å²) in [6, 6.07) is 0. The minimum atomic E-state index is 0.513. The molecule has 0 aliphatic carbocycles. The molecule has 0 amide bonds. The smallest absolute Gasteiger partial charge is 0.166 e. The number of thiocarbonyl (C=S) groups is 1. The van der Waals surface area contributed by atoms with Gasteiger partial charge in [-0.2, -0.15) is 0 Å². The van der Waals surface area contributed by atoms with Crippen LogP contribution in [0.5, 0.6) is 0 Å². The highest BCUT2D eigenvalue weighted by atomic mass is 32.1. The van der Waals surface area contributed by atoms with Crippen molar-refractivity contribution in [3.05, 3.63) is 12.2 Å². The Hall–Kier alpha value is -0.570. The van der Waals surface area contributed by atoms with Gasteiger partial charge in [-0.25, -0.2) is 0 Å². The SMILES string of the molecule is NC(=S)N1CC=CCC1. The van der Waals surface area contributed by atoms with E-state index in [1.54, 1.807) is 0 Å². The van der Waals surface area contributed by atoms with Gasteiger partial charge in [0, 0.05) is 13.1 Å². The summed E-state index contributed by atoms with van der Waals surface area (Å²) in [5.74, 6) is 0. The van der Waals surface area contributed by atoms with Gasteiger partial charge in [0.25, 0.3) is 0 Å². The number of hydrogen-bond acceptors (Lipinski definition) is 1. The molecule has 2 nitrogen and oxygen atoms in total. The number of nitrogens with two attached hydrogens (primary N) is 1. The van der Waals surface area contributed by atoms with E-state index >= 15 is 0 Å². The van der Waals surface area contributed by atoms with Crippen molar-refractivity contribution in [2.45, 2.75) is 6.42 Å². The first-order chi connectivity index (χ1) is 4.30. The maximum absolute atomic E-state index is 5.39. The van der Waals surface area contributed by atoms with Crippen LogP contribution < -0.4 is 5.73 Å². The summed E-state index contributed by atoms with van der Waals surface area (Å²) in [7, 11) is 0. The Bertz CT molecular complexity index is 142. The molecule has 1 rings (SSSR count). The third kappa shape index (κ3) is 1.68. The molecule has 1 aliphatic rings. The first-order valence-corrected chi connectivity index (χ1v) is 3.41. The minimum Gasteiger partial charge on any atom is -0.376 e. The lowest BCUT2D eigenvalue weighted by Gasteiger charge is -2.22. The molecule has 0 aromatic carbocycles. The lowest BCUT2D eigenvalue weighted by Crippen LogP contribution is -2.37. The van der Waals surface area contributed by atoms with Crippen molar-refractivity contribution >= 4 is 17.3 Å². The van der Waals surface area contributed by atoms with Crippen LogP contribution in [-0.2, 0) is 0 Å². The second kappa shape index (κ2) is 2.82. The molecule has 2 N–H and O–H groups in total. The Morgan fingerprint density at radius 3 is 2.67 bits per heavy atom. The molecule has 0 fully saturated rings. The summed E-state index contributed by atoms with van der Waals surface area (Å²) >= 11 is 4.79. The van der Waals surface area contributed by atoms with Crippen molar-refractivity contribution in [1.82, 2.24) is 4.90 Å². The lowest BCUT2D eigenvalue weighted by molar-refractivity contribution is 0.457. The van der Waals surface area contributed by atoms with Gasteiger partial charge in [-0.1, -0.05) is 12.2 Å². The molecule has 0 atom stereocenters. The van der Waals surface area contributed by atoms with Crippen LogP contribution in [-0.4, -0.2) is 23.1 Å². The van der Waals surface area contributed by atoms with Crippen LogP contribution in [0.1, 0.15) is 6.42 Å². The van der Waals surface area contributed by atoms with Gasteiger partial charge in [0.05, 0.1) is 0 Å². The maximum Gasteiger partial charge on any atom is 0.166 e. The van der Waals surface area contributed by atoms with Crippen molar-refractivity contribution in [2.24, 2.45) is 5.73 Å². The Balaban J connectivity index is 2.44. The van der Waals surface area contributed by atoms with Crippen LogP contribution in [0, 0.1) is 0 Å². The summed E-state index contributed by atoms with van der Waals surface area (Å²) in [4.78, 5) is 1.98. The van der Waals surface area contributed by atoms with Crippen molar-refractivity contribution in [2.75, 3.05) is 13.1 Å². The molecule has 0 aromatic heterocycles. The topological polar surface area (TPSA) is 29.3 Å². The second-order valence-electron chi connectivity index (χ2n) is 2.04. The van der Waals surface area contributed by atoms with E-state index in [-0.39, 0.29) is 0 Å². The molecule has 3 heteroatoms. The number of hydrogen-bond donors (Lipinski definition) is 1. The molecule has 0 spiro atoms. The highest BCUT2D eigenvalue weighted by Gasteiger charge is 2.04. The monoisotopic (exact) mass is 142 g/mol. The maximum atomic E-state index is 5.39. The van der Waals surface area contributed by atoms with E-state index in [0.29, 0.717) is 5.11 Å². The average molecular weight is 142 g/mol. The van der Waals surface area contributed by atoms with E-state index in [1.165, 1.54) is 0 Å². The molecule has 0 saturated carbocycles. The molecule has 0 saturated heterocycles. The van der Waals surface area contributed by atoms with Crippen molar-refractivity contribution in [3.63, 3.8) is 0 Å². The summed E-state index contributed by atoms with van der Waals surface area (Å²) in [5, 5.41) is 0.513. The third-order valence-electron chi connectivity index (χ3n) is 1.37. The van der Waals surface area contributed by atoms with E-state index in [1.807, 2.05) is 4.90 Å². The lowest BCUT2D eigenvalue weighted by atomic mass is 10.3. The first-order valence-electron chi connectivity index (χ1n) is 3.00. The predicted octanol–water partition coefficient (Wildman–Crippen LogP) is 0.492. The quantitative estimate of drug-likeness (QED) is 0.394. The van der Waals surface area contributed by atoms with Gasteiger partial charge in [-0.15, -0.1) is 0 Å². The van der Waals surface area contributed by atoms with Crippen molar-refractivity contribution < 1.29 is 0 Å². The molecule has 0 radical (unpaired) electrons. The van der Waals surface area contributed by atoms with E-state index in [0.717, 1.165) is 19.5 Å². The Kier molecular flexibility index (Phi) is 2.05. The molecule has 0 aromatic rings. The highest BCUT2D eigenvalue weighted by molar-refractivity contribution is 7.80. The third-order valence-corrected chi connectivity index (χ3v) is 1.63. The van der Waals surface area contributed by atoms with Gasteiger partial charge in [-0.3, -0.25) is 0 Å². The highest BCUT2D eigenvalue weighted by Crippen LogP contribution is 1.99. The summed E-state index contributed by atoms with van der Waals surface area (Å²) < 4.78 is 0. The number of rotatable bonds is 0. The average Bonchev–Trinajstić information content (AvgIpc) is 1.90. The van der Waals surface area contributed by atoms with Gasteiger partial charge in [-0.05, 0) is 18.6 Å². The van der Waals surface area contributed by atoms with Gasteiger partial charge in [0.2, 0.25) is 0 Å². The summed E-state index contributed by atoms with van der Waals surface area (Å²) in [6.07, 6.45) is 5.30. The Morgan fingerprint density at radius 2 is 2.33 bits per heavy atom. The molecule has 1 aliphatic heterocycles. The van der Waals surface area contributed by atoms with Gasteiger partial charge in [0.1, 0.15) is 0 Å². The zero-order valence-corrected chi connectivity index (χ0v) is 6.03. The van der Waals surface area contributed by atoms with Crippen LogP contribution in [0.2, 0.25) is 0 Å². The standard InChI is InChI=1S/C6H10N2S/c7-6(9)8-4-2-1-3-5-8/h1-2H,3-5H2,(H2,7,9). The Labute approximate surface area is 60.3 Å². The summed E-state index contributed by atoms with van der Waals surface area (Å²) in [6.45, 7) is 1.86. The number of nitrogens with zero attached hydrogens (tertiary/aromatic N) is 1.